The molecule has 0 saturated heterocycles. The Labute approximate surface area is 186 Å². The van der Waals surface area contributed by atoms with Crippen LogP contribution in [0.3, 0.4) is 0 Å². The highest BCUT2D eigenvalue weighted by molar-refractivity contribution is 9.11. The van der Waals surface area contributed by atoms with E-state index < -0.39 is 37.2 Å². The highest BCUT2D eigenvalue weighted by Crippen LogP contribution is 2.39. The van der Waals surface area contributed by atoms with Gasteiger partial charge >= 0.3 is 0 Å². The van der Waals surface area contributed by atoms with Crippen LogP contribution < -0.4 is 5.32 Å². The third-order valence-electron chi connectivity index (χ3n) is 5.88. The number of nitrogens with one attached hydrogen (secondary N) is 1. The number of rotatable bonds is 6. The molecular formula is C19H28Br2N2O6. The molecular weight excluding hydrogens is 512 g/mol. The molecule has 2 aliphatic rings. The molecule has 0 unspecified atom stereocenters. The SMILES string of the molecule is OC[C@@H](O)[C@@H](O)[C@H](O)[C@@H](O)[C@@H]1Nc2c(Br)cc(Br)cc2CN1C1CCC(O)CC1. The number of hydrogen-bond donors (Lipinski definition) is 7. The smallest absolute Gasteiger partial charge is 0.116 e. The van der Waals surface area contributed by atoms with E-state index in [1.807, 2.05) is 17.0 Å². The molecule has 164 valence electrons. The van der Waals surface area contributed by atoms with Crippen LogP contribution in [0, 0.1) is 0 Å². The highest BCUT2D eigenvalue weighted by atomic mass is 79.9. The first-order valence-corrected chi connectivity index (χ1v) is 11.3. The first kappa shape index (κ1) is 23.4. The van der Waals surface area contributed by atoms with Crippen molar-refractivity contribution in [3.05, 3.63) is 26.6 Å². The van der Waals surface area contributed by atoms with E-state index >= 15 is 0 Å². The fourth-order valence-corrected chi connectivity index (χ4v) is 5.62. The summed E-state index contributed by atoms with van der Waals surface area (Å²) in [5.41, 5.74) is 1.79. The first-order chi connectivity index (χ1) is 13.7. The summed E-state index contributed by atoms with van der Waals surface area (Å²) in [5.74, 6) is 0. The summed E-state index contributed by atoms with van der Waals surface area (Å²) in [7, 11) is 0. The zero-order chi connectivity index (χ0) is 21.3. The van der Waals surface area contributed by atoms with E-state index in [1.54, 1.807) is 0 Å². The van der Waals surface area contributed by atoms with Crippen molar-refractivity contribution in [2.75, 3.05) is 11.9 Å². The Balaban J connectivity index is 1.90. The van der Waals surface area contributed by atoms with Gasteiger partial charge in [-0.1, -0.05) is 15.9 Å². The molecule has 0 radical (unpaired) electrons. The number of halogens is 2. The predicted octanol–water partition coefficient (Wildman–Crippen LogP) is 0.505. The monoisotopic (exact) mass is 538 g/mol. The highest BCUT2D eigenvalue weighted by Gasteiger charge is 2.42. The molecule has 1 heterocycles. The van der Waals surface area contributed by atoms with Crippen LogP contribution in [0.15, 0.2) is 21.1 Å². The molecule has 1 aliphatic heterocycles. The molecule has 1 saturated carbocycles. The molecule has 5 atom stereocenters. The van der Waals surface area contributed by atoms with E-state index in [1.165, 1.54) is 0 Å². The van der Waals surface area contributed by atoms with E-state index in [9.17, 15) is 25.5 Å². The summed E-state index contributed by atoms with van der Waals surface area (Å²) >= 11 is 7.02. The number of fused-ring (bicyclic) bond motifs is 1. The molecule has 0 amide bonds. The summed E-state index contributed by atoms with van der Waals surface area (Å²) in [4.78, 5) is 2.04. The van der Waals surface area contributed by atoms with Crippen molar-refractivity contribution in [3.8, 4) is 0 Å². The Kier molecular flexibility index (Phi) is 7.96. The molecule has 1 fully saturated rings. The van der Waals surface area contributed by atoms with Gasteiger partial charge in [-0.3, -0.25) is 4.90 Å². The number of aliphatic hydroxyl groups excluding tert-OH is 6. The molecule has 0 aromatic heterocycles. The van der Waals surface area contributed by atoms with Crippen LogP contribution in [0.4, 0.5) is 5.69 Å². The van der Waals surface area contributed by atoms with Gasteiger partial charge in [0, 0.05) is 21.5 Å². The minimum Gasteiger partial charge on any atom is -0.394 e. The van der Waals surface area contributed by atoms with Gasteiger partial charge in [0.15, 0.2) is 0 Å². The summed E-state index contributed by atoms with van der Waals surface area (Å²) in [5, 5.41) is 63.3. The lowest BCUT2D eigenvalue weighted by molar-refractivity contribution is -0.134. The second-order valence-electron chi connectivity index (χ2n) is 7.87. The van der Waals surface area contributed by atoms with Crippen molar-refractivity contribution < 1.29 is 30.6 Å². The third-order valence-corrected chi connectivity index (χ3v) is 6.96. The van der Waals surface area contributed by atoms with Gasteiger partial charge < -0.3 is 36.0 Å². The van der Waals surface area contributed by atoms with Gasteiger partial charge in [0.2, 0.25) is 0 Å². The maximum absolute atomic E-state index is 10.9. The fourth-order valence-electron chi connectivity index (χ4n) is 4.19. The molecule has 0 bridgehead atoms. The van der Waals surface area contributed by atoms with Gasteiger partial charge in [-0.25, -0.2) is 0 Å². The van der Waals surface area contributed by atoms with Crippen LogP contribution in [0.25, 0.3) is 0 Å². The van der Waals surface area contributed by atoms with E-state index in [0.29, 0.717) is 19.4 Å². The van der Waals surface area contributed by atoms with Crippen LogP contribution in [0.2, 0.25) is 0 Å². The van der Waals surface area contributed by atoms with Crippen molar-refractivity contribution >= 4 is 37.5 Å². The average molecular weight is 540 g/mol. The van der Waals surface area contributed by atoms with Gasteiger partial charge in [-0.05, 0) is 59.3 Å². The molecule has 8 nitrogen and oxygen atoms in total. The van der Waals surface area contributed by atoms with E-state index in [-0.39, 0.29) is 12.1 Å². The molecule has 29 heavy (non-hydrogen) atoms. The normalized spacial score (nSPS) is 29.4. The number of aliphatic hydroxyl groups is 6. The lowest BCUT2D eigenvalue weighted by atomic mass is 9.89. The second-order valence-corrected chi connectivity index (χ2v) is 9.64. The molecule has 7 N–H and O–H groups in total. The van der Waals surface area contributed by atoms with Crippen LogP contribution in [-0.4, -0.2) is 84.9 Å². The maximum Gasteiger partial charge on any atom is 0.116 e. The number of benzene rings is 1. The van der Waals surface area contributed by atoms with Crippen LogP contribution >= 0.6 is 31.9 Å². The van der Waals surface area contributed by atoms with E-state index in [4.69, 9.17) is 5.11 Å². The average Bonchev–Trinajstić information content (AvgIpc) is 2.71. The van der Waals surface area contributed by atoms with E-state index in [0.717, 1.165) is 33.0 Å². The number of hydrogen-bond acceptors (Lipinski definition) is 8. The van der Waals surface area contributed by atoms with Crippen molar-refractivity contribution in [2.45, 2.75) is 75.0 Å². The van der Waals surface area contributed by atoms with Crippen molar-refractivity contribution in [1.82, 2.24) is 4.90 Å². The molecule has 1 aromatic rings. The second kappa shape index (κ2) is 9.88. The molecule has 3 rings (SSSR count). The largest absolute Gasteiger partial charge is 0.394 e. The van der Waals surface area contributed by atoms with Gasteiger partial charge in [-0.2, -0.15) is 0 Å². The zero-order valence-electron chi connectivity index (χ0n) is 15.8. The maximum atomic E-state index is 10.9. The number of anilines is 1. The minimum absolute atomic E-state index is 0.0727. The molecule has 10 heteroatoms. The minimum atomic E-state index is -1.69. The van der Waals surface area contributed by atoms with Gasteiger partial charge in [0.1, 0.15) is 30.6 Å². The first-order valence-electron chi connectivity index (χ1n) is 9.74. The Hall–Kier alpha value is -0.300. The van der Waals surface area contributed by atoms with Crippen LogP contribution in [0.5, 0.6) is 0 Å². The zero-order valence-corrected chi connectivity index (χ0v) is 19.0. The fraction of sp³-hybridized carbons (Fsp3) is 0.684. The third kappa shape index (κ3) is 5.13. The molecule has 0 spiro atoms. The lowest BCUT2D eigenvalue weighted by Gasteiger charge is -2.47. The molecule has 1 aromatic carbocycles. The Morgan fingerprint density at radius 2 is 1.69 bits per heavy atom. The topological polar surface area (TPSA) is 137 Å². The van der Waals surface area contributed by atoms with Crippen LogP contribution in [-0.2, 0) is 6.54 Å². The summed E-state index contributed by atoms with van der Waals surface area (Å²) in [6.45, 7) is -0.218. The van der Waals surface area contributed by atoms with Gasteiger partial charge in [0.25, 0.3) is 0 Å². The Bertz CT molecular complexity index is 704. The van der Waals surface area contributed by atoms with Crippen molar-refractivity contribution in [2.24, 2.45) is 0 Å². The quantitative estimate of drug-likeness (QED) is 0.278. The van der Waals surface area contributed by atoms with Crippen molar-refractivity contribution in [1.29, 1.82) is 0 Å². The standard InChI is InChI=1S/C19H28Br2N2O6/c20-10-5-9-7-23(11-1-3-12(25)4-2-11)19(22-15(9)13(21)6-10)18(29)17(28)16(27)14(26)8-24/h5-6,11-12,14,16-19,22,24-29H,1-4,7-8H2/t11?,12?,14-,16-,17+,18-,19-/m1/s1. The van der Waals surface area contributed by atoms with Gasteiger partial charge in [-0.15, -0.1) is 0 Å². The summed E-state index contributed by atoms with van der Waals surface area (Å²) in [6, 6.07) is 3.94. The summed E-state index contributed by atoms with van der Waals surface area (Å²) < 4.78 is 1.70. The van der Waals surface area contributed by atoms with E-state index in [2.05, 4.69) is 37.2 Å². The lowest BCUT2D eigenvalue weighted by Crippen LogP contribution is -2.61. The Morgan fingerprint density at radius 3 is 2.31 bits per heavy atom. The Morgan fingerprint density at radius 1 is 1.03 bits per heavy atom. The summed E-state index contributed by atoms with van der Waals surface area (Å²) in [6.07, 6.45) is -4.59. The predicted molar refractivity (Wildman–Crippen MR) is 114 cm³/mol. The number of nitrogens with zero attached hydrogens (tertiary/aromatic N) is 1. The van der Waals surface area contributed by atoms with Gasteiger partial charge in [0.05, 0.1) is 18.4 Å². The van der Waals surface area contributed by atoms with Crippen molar-refractivity contribution in [3.63, 3.8) is 0 Å². The molecule has 1 aliphatic carbocycles. The van der Waals surface area contributed by atoms with Crippen LogP contribution in [0.1, 0.15) is 31.2 Å².